The van der Waals surface area contributed by atoms with Gasteiger partial charge >= 0.3 is 0 Å². The summed E-state index contributed by atoms with van der Waals surface area (Å²) in [7, 11) is -2.17. The number of hydrogen-bond donors (Lipinski definition) is 1. The van der Waals surface area contributed by atoms with Gasteiger partial charge in [0.15, 0.2) is 0 Å². The number of hydrogen-bond acceptors (Lipinski definition) is 4. The maximum atomic E-state index is 12.6. The number of benzene rings is 1. The van der Waals surface area contributed by atoms with Crippen molar-refractivity contribution in [3.63, 3.8) is 0 Å². The molecule has 1 aliphatic rings. The standard InChI is InChI=1S/C15H20N2O3S/c1-12-9-13(10-16)5-6-14(12)21(19,20)17(2)11-15(18)7-3-4-8-15/h5-6,9,18H,3-4,7-8,11H2,1-2H3. The number of nitrogens with zero attached hydrogens (tertiary/aromatic N) is 2. The van der Waals surface area contributed by atoms with Crippen LogP contribution in [-0.2, 0) is 10.0 Å². The summed E-state index contributed by atoms with van der Waals surface area (Å²) in [6.07, 6.45) is 3.14. The molecule has 1 aromatic rings. The van der Waals surface area contributed by atoms with Gasteiger partial charge in [0.25, 0.3) is 0 Å². The predicted molar refractivity (Wildman–Crippen MR) is 79.1 cm³/mol. The fraction of sp³-hybridized carbons (Fsp3) is 0.533. The molecule has 1 aliphatic carbocycles. The average Bonchev–Trinajstić information content (AvgIpc) is 2.84. The highest BCUT2D eigenvalue weighted by molar-refractivity contribution is 7.89. The first-order valence-electron chi connectivity index (χ1n) is 6.98. The summed E-state index contributed by atoms with van der Waals surface area (Å²) >= 11 is 0. The topological polar surface area (TPSA) is 81.4 Å². The Morgan fingerprint density at radius 2 is 2.00 bits per heavy atom. The van der Waals surface area contributed by atoms with Crippen LogP contribution in [-0.4, -0.2) is 37.0 Å². The van der Waals surface area contributed by atoms with Crippen molar-refractivity contribution in [2.45, 2.75) is 43.1 Å². The maximum Gasteiger partial charge on any atom is 0.243 e. The van der Waals surface area contributed by atoms with E-state index < -0.39 is 15.6 Å². The molecule has 0 amide bonds. The van der Waals surface area contributed by atoms with Crippen LogP contribution < -0.4 is 0 Å². The third-order valence-corrected chi connectivity index (χ3v) is 6.01. The molecule has 0 radical (unpaired) electrons. The normalized spacial score (nSPS) is 17.9. The summed E-state index contributed by atoms with van der Waals surface area (Å²) in [6.45, 7) is 1.78. The van der Waals surface area contributed by atoms with E-state index in [4.69, 9.17) is 5.26 Å². The van der Waals surface area contributed by atoms with E-state index in [1.165, 1.54) is 23.5 Å². The van der Waals surface area contributed by atoms with Crippen molar-refractivity contribution in [2.75, 3.05) is 13.6 Å². The smallest absolute Gasteiger partial charge is 0.243 e. The van der Waals surface area contributed by atoms with Gasteiger partial charge in [-0.1, -0.05) is 12.8 Å². The number of likely N-dealkylation sites (N-methyl/N-ethyl adjacent to an activating group) is 1. The van der Waals surface area contributed by atoms with Gasteiger partial charge in [-0.15, -0.1) is 0 Å². The summed E-state index contributed by atoms with van der Waals surface area (Å²) in [5, 5.41) is 19.2. The molecule has 0 aliphatic heterocycles. The van der Waals surface area contributed by atoms with Gasteiger partial charge < -0.3 is 5.11 Å². The molecule has 0 unspecified atom stereocenters. The Labute approximate surface area is 125 Å². The summed E-state index contributed by atoms with van der Waals surface area (Å²) in [5.41, 5.74) is 0.0605. The first kappa shape index (κ1) is 16.0. The van der Waals surface area contributed by atoms with E-state index in [0.717, 1.165) is 12.8 Å². The lowest BCUT2D eigenvalue weighted by Crippen LogP contribution is -2.42. The molecule has 5 nitrogen and oxygen atoms in total. The molecule has 1 fully saturated rings. The highest BCUT2D eigenvalue weighted by atomic mass is 32.2. The molecule has 114 valence electrons. The Morgan fingerprint density at radius 3 is 2.52 bits per heavy atom. The monoisotopic (exact) mass is 308 g/mol. The lowest BCUT2D eigenvalue weighted by molar-refractivity contribution is 0.0333. The quantitative estimate of drug-likeness (QED) is 0.919. The van der Waals surface area contributed by atoms with Crippen molar-refractivity contribution in [3.05, 3.63) is 29.3 Å². The maximum absolute atomic E-state index is 12.6. The number of aryl methyl sites for hydroxylation is 1. The third-order valence-electron chi connectivity index (χ3n) is 4.04. The van der Waals surface area contributed by atoms with Crippen LogP contribution in [0.15, 0.2) is 23.1 Å². The molecule has 0 saturated heterocycles. The van der Waals surface area contributed by atoms with Crippen LogP contribution in [0.2, 0.25) is 0 Å². The predicted octanol–water partition coefficient (Wildman–Crippen LogP) is 1.79. The lowest BCUT2D eigenvalue weighted by atomic mass is 10.0. The molecule has 0 bridgehead atoms. The summed E-state index contributed by atoms with van der Waals surface area (Å²) < 4.78 is 26.4. The highest BCUT2D eigenvalue weighted by Crippen LogP contribution is 2.31. The van der Waals surface area contributed by atoms with E-state index >= 15 is 0 Å². The second-order valence-corrected chi connectivity index (χ2v) is 7.80. The van der Waals surface area contributed by atoms with Crippen molar-refractivity contribution < 1.29 is 13.5 Å². The largest absolute Gasteiger partial charge is 0.389 e. The van der Waals surface area contributed by atoms with E-state index in [9.17, 15) is 13.5 Å². The third kappa shape index (κ3) is 3.26. The molecule has 21 heavy (non-hydrogen) atoms. The van der Waals surface area contributed by atoms with Crippen LogP contribution in [0.4, 0.5) is 0 Å². The number of aliphatic hydroxyl groups is 1. The van der Waals surface area contributed by atoms with E-state index in [1.54, 1.807) is 13.0 Å². The summed E-state index contributed by atoms with van der Waals surface area (Å²) in [6, 6.07) is 6.51. The zero-order chi connectivity index (χ0) is 15.7. The van der Waals surface area contributed by atoms with E-state index in [2.05, 4.69) is 0 Å². The van der Waals surface area contributed by atoms with Crippen LogP contribution in [0.1, 0.15) is 36.8 Å². The Hall–Kier alpha value is -1.42. The Morgan fingerprint density at radius 1 is 1.38 bits per heavy atom. The molecule has 0 spiro atoms. The van der Waals surface area contributed by atoms with Crippen molar-refractivity contribution in [1.82, 2.24) is 4.31 Å². The molecule has 6 heteroatoms. The minimum absolute atomic E-state index is 0.106. The number of rotatable bonds is 4. The zero-order valence-corrected chi connectivity index (χ0v) is 13.2. The van der Waals surface area contributed by atoms with Crippen LogP contribution in [0, 0.1) is 18.3 Å². The molecule has 1 N–H and O–H groups in total. The van der Waals surface area contributed by atoms with Crippen LogP contribution in [0.5, 0.6) is 0 Å². The zero-order valence-electron chi connectivity index (χ0n) is 12.3. The fourth-order valence-electron chi connectivity index (χ4n) is 2.87. The number of nitriles is 1. The van der Waals surface area contributed by atoms with E-state index in [0.29, 0.717) is 24.0 Å². The van der Waals surface area contributed by atoms with E-state index in [-0.39, 0.29) is 11.4 Å². The highest BCUT2D eigenvalue weighted by Gasteiger charge is 2.36. The summed E-state index contributed by atoms with van der Waals surface area (Å²) in [5.74, 6) is 0. The molecule has 1 aromatic carbocycles. The van der Waals surface area contributed by atoms with Crippen LogP contribution in [0.3, 0.4) is 0 Å². The second kappa shape index (κ2) is 5.76. The minimum Gasteiger partial charge on any atom is -0.389 e. The van der Waals surface area contributed by atoms with Crippen molar-refractivity contribution >= 4 is 10.0 Å². The molecule has 0 heterocycles. The summed E-state index contributed by atoms with van der Waals surface area (Å²) in [4.78, 5) is 0.186. The van der Waals surface area contributed by atoms with Crippen molar-refractivity contribution in [2.24, 2.45) is 0 Å². The van der Waals surface area contributed by atoms with Crippen LogP contribution in [0.25, 0.3) is 0 Å². The van der Waals surface area contributed by atoms with Gasteiger partial charge in [-0.05, 0) is 43.5 Å². The van der Waals surface area contributed by atoms with Gasteiger partial charge in [0.05, 0.1) is 22.1 Å². The molecule has 0 atom stereocenters. The van der Waals surface area contributed by atoms with Gasteiger partial charge in [0.1, 0.15) is 0 Å². The Bertz CT molecular complexity index is 671. The van der Waals surface area contributed by atoms with Gasteiger partial charge in [-0.3, -0.25) is 0 Å². The van der Waals surface area contributed by atoms with Gasteiger partial charge in [0, 0.05) is 13.6 Å². The lowest BCUT2D eigenvalue weighted by Gasteiger charge is -2.28. The van der Waals surface area contributed by atoms with Gasteiger partial charge in [0.2, 0.25) is 10.0 Å². The van der Waals surface area contributed by atoms with E-state index in [1.807, 2.05) is 6.07 Å². The van der Waals surface area contributed by atoms with Crippen LogP contribution >= 0.6 is 0 Å². The first-order valence-corrected chi connectivity index (χ1v) is 8.42. The SMILES string of the molecule is Cc1cc(C#N)ccc1S(=O)(=O)N(C)CC1(O)CCCC1. The molecular weight excluding hydrogens is 288 g/mol. The second-order valence-electron chi connectivity index (χ2n) is 5.78. The Balaban J connectivity index is 2.27. The van der Waals surface area contributed by atoms with Crippen molar-refractivity contribution in [3.8, 4) is 6.07 Å². The van der Waals surface area contributed by atoms with Gasteiger partial charge in [-0.25, -0.2) is 8.42 Å². The molecule has 0 aromatic heterocycles. The first-order chi connectivity index (χ1) is 9.78. The average molecular weight is 308 g/mol. The fourth-order valence-corrected chi connectivity index (χ4v) is 4.32. The van der Waals surface area contributed by atoms with Crippen molar-refractivity contribution in [1.29, 1.82) is 5.26 Å². The molecule has 1 saturated carbocycles. The molecule has 2 rings (SSSR count). The minimum atomic E-state index is -3.66. The Kier molecular flexibility index (Phi) is 4.38. The van der Waals surface area contributed by atoms with Gasteiger partial charge in [-0.2, -0.15) is 9.57 Å². The number of sulfonamides is 1. The molecular formula is C15H20N2O3S.